The molecule has 2 N–H and O–H groups in total. The van der Waals surface area contributed by atoms with E-state index in [1.54, 1.807) is 18.2 Å². The highest BCUT2D eigenvalue weighted by Gasteiger charge is 2.31. The Kier molecular flexibility index (Phi) is 3.96. The van der Waals surface area contributed by atoms with E-state index in [0.717, 1.165) is 24.1 Å². The van der Waals surface area contributed by atoms with Crippen LogP contribution in [0, 0.1) is 5.82 Å². The number of halogens is 3. The summed E-state index contributed by atoms with van der Waals surface area (Å²) in [6, 6.07) is 10.4. The van der Waals surface area contributed by atoms with E-state index in [-0.39, 0.29) is 33.6 Å². The fourth-order valence-corrected chi connectivity index (χ4v) is 3.17. The van der Waals surface area contributed by atoms with Gasteiger partial charge in [-0.3, -0.25) is 0 Å². The normalized spacial score (nSPS) is 20.9. The molecular weight excluding hydrogens is 312 g/mol. The zero-order valence-electron chi connectivity index (χ0n) is 11.1. The van der Waals surface area contributed by atoms with Crippen molar-refractivity contribution in [1.82, 2.24) is 0 Å². The maximum absolute atomic E-state index is 13.7. The lowest BCUT2D eigenvalue weighted by Crippen LogP contribution is -2.34. The van der Waals surface area contributed by atoms with E-state index in [2.05, 4.69) is 5.32 Å². The number of aromatic hydroxyl groups is 1. The van der Waals surface area contributed by atoms with Crippen LogP contribution in [0.15, 0.2) is 36.4 Å². The van der Waals surface area contributed by atoms with Crippen molar-refractivity contribution in [3.8, 4) is 5.75 Å². The summed E-state index contributed by atoms with van der Waals surface area (Å²) in [5.41, 5.74) is 1.54. The molecule has 1 aliphatic rings. The minimum Gasteiger partial charge on any atom is -0.505 e. The van der Waals surface area contributed by atoms with Crippen LogP contribution >= 0.6 is 23.2 Å². The minimum atomic E-state index is -0.142. The van der Waals surface area contributed by atoms with Crippen molar-refractivity contribution in [3.63, 3.8) is 0 Å². The van der Waals surface area contributed by atoms with Gasteiger partial charge in [-0.1, -0.05) is 41.4 Å². The average molecular weight is 326 g/mol. The number of nitrogens with one attached hydrogen (secondary N) is 1. The van der Waals surface area contributed by atoms with Gasteiger partial charge in [0.05, 0.1) is 10.0 Å². The lowest BCUT2D eigenvalue weighted by atomic mass is 9.75. The molecule has 0 heterocycles. The number of hydrogen-bond donors (Lipinski definition) is 2. The van der Waals surface area contributed by atoms with Crippen molar-refractivity contribution >= 4 is 28.9 Å². The molecule has 1 saturated carbocycles. The van der Waals surface area contributed by atoms with E-state index < -0.39 is 0 Å². The van der Waals surface area contributed by atoms with Crippen LogP contribution in [0.2, 0.25) is 10.0 Å². The van der Waals surface area contributed by atoms with Gasteiger partial charge >= 0.3 is 0 Å². The van der Waals surface area contributed by atoms with Crippen molar-refractivity contribution in [3.05, 3.63) is 57.8 Å². The van der Waals surface area contributed by atoms with E-state index in [9.17, 15) is 9.50 Å². The fraction of sp³-hybridized carbons (Fsp3) is 0.250. The predicted octanol–water partition coefficient (Wildman–Crippen LogP) is 5.20. The van der Waals surface area contributed by atoms with Crippen LogP contribution in [0.3, 0.4) is 0 Å². The van der Waals surface area contributed by atoms with Crippen molar-refractivity contribution in [2.45, 2.75) is 24.8 Å². The van der Waals surface area contributed by atoms with Crippen molar-refractivity contribution < 1.29 is 9.50 Å². The maximum Gasteiger partial charge on any atom is 0.152 e. The molecule has 3 rings (SSSR count). The molecule has 0 unspecified atom stereocenters. The summed E-state index contributed by atoms with van der Waals surface area (Å²) in [5.74, 6) is -0.00911. The first-order valence-corrected chi connectivity index (χ1v) is 7.49. The summed E-state index contributed by atoms with van der Waals surface area (Å²) < 4.78 is 13.7. The number of hydrogen-bond acceptors (Lipinski definition) is 2. The fourth-order valence-electron chi connectivity index (χ4n) is 2.68. The number of benzene rings is 2. The molecular formula is C16H14Cl2FNO. The van der Waals surface area contributed by atoms with Crippen LogP contribution in [0.25, 0.3) is 0 Å². The zero-order valence-corrected chi connectivity index (χ0v) is 12.6. The number of phenolic OH excluding ortho intramolecular Hbond substituents is 1. The second-order valence-corrected chi connectivity index (χ2v) is 6.13. The maximum atomic E-state index is 13.7. The van der Waals surface area contributed by atoms with Gasteiger partial charge in [-0.15, -0.1) is 0 Å². The second-order valence-electron chi connectivity index (χ2n) is 5.32. The van der Waals surface area contributed by atoms with Crippen LogP contribution in [0.1, 0.15) is 24.3 Å². The Hall–Kier alpha value is -1.45. The predicted molar refractivity (Wildman–Crippen MR) is 83.9 cm³/mol. The van der Waals surface area contributed by atoms with Crippen LogP contribution < -0.4 is 5.32 Å². The molecule has 1 fully saturated rings. The Labute approximate surface area is 132 Å². The smallest absolute Gasteiger partial charge is 0.152 e. The molecule has 0 aromatic heterocycles. The van der Waals surface area contributed by atoms with Gasteiger partial charge in [0, 0.05) is 11.7 Å². The molecule has 2 nitrogen and oxygen atoms in total. The molecule has 0 radical (unpaired) electrons. The third-order valence-corrected chi connectivity index (χ3v) is 4.45. The number of anilines is 1. The van der Waals surface area contributed by atoms with E-state index in [1.165, 1.54) is 6.07 Å². The van der Waals surface area contributed by atoms with Gasteiger partial charge in [-0.05, 0) is 42.5 Å². The minimum absolute atomic E-state index is 0.110. The monoisotopic (exact) mass is 325 g/mol. The summed E-state index contributed by atoms with van der Waals surface area (Å²) >= 11 is 11.8. The van der Waals surface area contributed by atoms with E-state index in [4.69, 9.17) is 23.2 Å². The van der Waals surface area contributed by atoms with E-state index >= 15 is 0 Å². The Morgan fingerprint density at radius 3 is 2.33 bits per heavy atom. The molecule has 1 aliphatic carbocycles. The van der Waals surface area contributed by atoms with Gasteiger partial charge in [-0.2, -0.15) is 0 Å². The van der Waals surface area contributed by atoms with Crippen molar-refractivity contribution in [2.24, 2.45) is 0 Å². The molecule has 2 aromatic carbocycles. The molecule has 21 heavy (non-hydrogen) atoms. The molecule has 110 valence electrons. The van der Waals surface area contributed by atoms with Crippen LogP contribution in [0.5, 0.6) is 5.75 Å². The van der Waals surface area contributed by atoms with Crippen LogP contribution in [0.4, 0.5) is 10.1 Å². The lowest BCUT2D eigenvalue weighted by molar-refractivity contribution is 0.363. The van der Waals surface area contributed by atoms with Crippen LogP contribution in [-0.2, 0) is 0 Å². The molecule has 0 aliphatic heterocycles. The molecule has 0 saturated heterocycles. The van der Waals surface area contributed by atoms with Gasteiger partial charge in [0.1, 0.15) is 5.82 Å². The highest BCUT2D eigenvalue weighted by molar-refractivity contribution is 6.37. The van der Waals surface area contributed by atoms with E-state index in [0.29, 0.717) is 0 Å². The first kappa shape index (κ1) is 14.5. The number of rotatable bonds is 3. The highest BCUT2D eigenvalue weighted by Crippen LogP contribution is 2.41. The summed E-state index contributed by atoms with van der Waals surface area (Å²) in [5, 5.41) is 13.3. The topological polar surface area (TPSA) is 32.3 Å². The number of phenols is 1. The quantitative estimate of drug-likeness (QED) is 0.760. The lowest BCUT2D eigenvalue weighted by Gasteiger charge is -2.37. The van der Waals surface area contributed by atoms with Gasteiger partial charge < -0.3 is 10.4 Å². The highest BCUT2D eigenvalue weighted by atomic mass is 35.5. The van der Waals surface area contributed by atoms with Gasteiger partial charge in [-0.25, -0.2) is 4.39 Å². The van der Waals surface area contributed by atoms with Crippen molar-refractivity contribution in [2.75, 3.05) is 5.32 Å². The van der Waals surface area contributed by atoms with Crippen molar-refractivity contribution in [1.29, 1.82) is 0 Å². The first-order valence-electron chi connectivity index (χ1n) is 6.73. The second kappa shape index (κ2) is 5.74. The summed E-state index contributed by atoms with van der Waals surface area (Å²) in [4.78, 5) is 0. The molecule has 2 aromatic rings. The third-order valence-electron chi connectivity index (χ3n) is 3.87. The SMILES string of the molecule is Oc1c(Cl)cc(NC2CC(c3ccccc3F)C2)cc1Cl. The average Bonchev–Trinajstić information content (AvgIpc) is 2.41. The summed E-state index contributed by atoms with van der Waals surface area (Å²) in [6.07, 6.45) is 1.72. The van der Waals surface area contributed by atoms with Gasteiger partial charge in [0.2, 0.25) is 0 Å². The Morgan fingerprint density at radius 1 is 1.10 bits per heavy atom. The van der Waals surface area contributed by atoms with Gasteiger partial charge in [0.25, 0.3) is 0 Å². The largest absolute Gasteiger partial charge is 0.505 e. The van der Waals surface area contributed by atoms with E-state index in [1.807, 2.05) is 12.1 Å². The Bertz CT molecular complexity index is 648. The van der Waals surface area contributed by atoms with Gasteiger partial charge in [0.15, 0.2) is 5.75 Å². The zero-order chi connectivity index (χ0) is 15.0. The molecule has 0 amide bonds. The Balaban J connectivity index is 1.64. The molecule has 0 bridgehead atoms. The third kappa shape index (κ3) is 2.94. The standard InChI is InChI=1S/C16H14Cl2FNO/c17-13-7-11(8-14(18)16(13)21)20-10-5-9(6-10)12-3-1-2-4-15(12)19/h1-4,7-10,20-21H,5-6H2. The summed E-state index contributed by atoms with van der Waals surface area (Å²) in [7, 11) is 0. The molecule has 5 heteroatoms. The van der Waals surface area contributed by atoms with Crippen LogP contribution in [-0.4, -0.2) is 11.1 Å². The Morgan fingerprint density at radius 2 is 1.71 bits per heavy atom. The molecule has 0 spiro atoms. The summed E-state index contributed by atoms with van der Waals surface area (Å²) in [6.45, 7) is 0. The molecule has 0 atom stereocenters. The first-order chi connectivity index (χ1) is 10.0.